The van der Waals surface area contributed by atoms with Crippen LogP contribution in [0.4, 0.5) is 0 Å². The quantitative estimate of drug-likeness (QED) is 0.811. The van der Waals surface area contributed by atoms with Crippen LogP contribution in [0.1, 0.15) is 31.2 Å². The summed E-state index contributed by atoms with van der Waals surface area (Å²) in [5.41, 5.74) is 1.42. The second-order valence-corrected chi connectivity index (χ2v) is 8.00. The van der Waals surface area contributed by atoms with Gasteiger partial charge in [0.1, 0.15) is 5.78 Å². The van der Waals surface area contributed by atoms with Crippen LogP contribution in [-0.4, -0.2) is 17.3 Å². The third-order valence-corrected chi connectivity index (χ3v) is 7.57. The van der Waals surface area contributed by atoms with Crippen molar-refractivity contribution in [2.45, 2.75) is 29.8 Å². The Balaban J connectivity index is 1.95. The van der Waals surface area contributed by atoms with E-state index >= 15 is 0 Å². The van der Waals surface area contributed by atoms with E-state index in [-0.39, 0.29) is 4.08 Å². The molecule has 0 bridgehead atoms. The molecule has 1 heterocycles. The van der Waals surface area contributed by atoms with Gasteiger partial charge in [-0.2, -0.15) is 0 Å². The zero-order valence-corrected chi connectivity index (χ0v) is 12.1. The fourth-order valence-corrected chi connectivity index (χ4v) is 6.67. The van der Waals surface area contributed by atoms with Crippen molar-refractivity contribution in [3.8, 4) is 0 Å². The number of ketones is 1. The molecule has 1 saturated carbocycles. The lowest BCUT2D eigenvalue weighted by atomic mass is 9.96. The zero-order chi connectivity index (χ0) is 12.4. The van der Waals surface area contributed by atoms with Crippen molar-refractivity contribution < 1.29 is 4.79 Å². The van der Waals surface area contributed by atoms with Gasteiger partial charge in [0.15, 0.2) is 0 Å². The summed E-state index contributed by atoms with van der Waals surface area (Å²) in [6, 6.07) is 10.8. The van der Waals surface area contributed by atoms with Crippen molar-refractivity contribution in [1.82, 2.24) is 0 Å². The first-order chi connectivity index (χ1) is 8.81. The van der Waals surface area contributed by atoms with Crippen molar-refractivity contribution in [2.24, 2.45) is 5.92 Å². The third kappa shape index (κ3) is 2.23. The Morgan fingerprint density at radius 1 is 1.11 bits per heavy atom. The fraction of sp³-hybridized carbons (Fsp3) is 0.533. The highest BCUT2D eigenvalue weighted by Crippen LogP contribution is 2.58. The van der Waals surface area contributed by atoms with Gasteiger partial charge in [0.25, 0.3) is 0 Å². The van der Waals surface area contributed by atoms with Gasteiger partial charge in [-0.15, -0.1) is 23.5 Å². The number of carbonyl (C=O) groups is 1. The Morgan fingerprint density at radius 2 is 1.83 bits per heavy atom. The van der Waals surface area contributed by atoms with E-state index in [1.807, 2.05) is 0 Å². The van der Waals surface area contributed by atoms with Crippen LogP contribution in [0.3, 0.4) is 0 Å². The molecule has 2 aliphatic rings. The van der Waals surface area contributed by atoms with Gasteiger partial charge in [-0.25, -0.2) is 0 Å². The molecule has 1 saturated heterocycles. The SMILES string of the molecule is O=C1CCC(C2(c3ccccc3)SCCCS2)C1. The molecular formula is C15H18OS2. The molecule has 1 nitrogen and oxygen atoms in total. The molecule has 0 N–H and O–H groups in total. The highest BCUT2D eigenvalue weighted by Gasteiger charge is 2.45. The fourth-order valence-electron chi connectivity index (χ4n) is 3.00. The predicted molar refractivity (Wildman–Crippen MR) is 80.0 cm³/mol. The number of Topliss-reactive ketones (excluding diaryl/α,β-unsaturated/α-hetero) is 1. The van der Waals surface area contributed by atoms with E-state index in [0.29, 0.717) is 11.7 Å². The summed E-state index contributed by atoms with van der Waals surface area (Å²) in [5.74, 6) is 3.45. The molecule has 1 aromatic carbocycles. The summed E-state index contributed by atoms with van der Waals surface area (Å²) in [4.78, 5) is 11.7. The average molecular weight is 278 g/mol. The van der Waals surface area contributed by atoms with Crippen molar-refractivity contribution in [2.75, 3.05) is 11.5 Å². The summed E-state index contributed by atoms with van der Waals surface area (Å²) in [6.07, 6.45) is 3.95. The van der Waals surface area contributed by atoms with Gasteiger partial charge in [-0.3, -0.25) is 4.79 Å². The first-order valence-electron chi connectivity index (χ1n) is 6.66. The van der Waals surface area contributed by atoms with Gasteiger partial charge < -0.3 is 0 Å². The van der Waals surface area contributed by atoms with Crippen LogP contribution in [-0.2, 0) is 8.87 Å². The van der Waals surface area contributed by atoms with Crippen molar-refractivity contribution in [3.63, 3.8) is 0 Å². The normalized spacial score (nSPS) is 27.3. The summed E-state index contributed by atoms with van der Waals surface area (Å²) >= 11 is 4.15. The van der Waals surface area contributed by atoms with E-state index in [9.17, 15) is 4.79 Å². The molecule has 1 atom stereocenters. The standard InChI is InChI=1S/C15H18OS2/c16-14-8-7-13(11-14)15(17-9-4-10-18-15)12-5-2-1-3-6-12/h1-3,5-6,13H,4,7-11H2. The molecule has 3 rings (SSSR count). The highest BCUT2D eigenvalue weighted by molar-refractivity contribution is 8.18. The minimum absolute atomic E-state index is 0.145. The molecule has 3 heteroatoms. The average Bonchev–Trinajstić information content (AvgIpc) is 2.88. The van der Waals surface area contributed by atoms with Gasteiger partial charge in [0, 0.05) is 12.8 Å². The lowest BCUT2D eigenvalue weighted by Gasteiger charge is -2.41. The molecule has 1 aromatic rings. The zero-order valence-electron chi connectivity index (χ0n) is 10.4. The molecule has 0 radical (unpaired) electrons. The smallest absolute Gasteiger partial charge is 0.133 e. The molecule has 2 fully saturated rings. The third-order valence-electron chi connectivity index (χ3n) is 3.88. The molecule has 96 valence electrons. The Labute approximate surface area is 117 Å². The lowest BCUT2D eigenvalue weighted by molar-refractivity contribution is -0.117. The Bertz CT molecular complexity index is 423. The molecular weight excluding hydrogens is 260 g/mol. The van der Waals surface area contributed by atoms with E-state index in [1.54, 1.807) is 0 Å². The largest absolute Gasteiger partial charge is 0.300 e. The number of hydrogen-bond acceptors (Lipinski definition) is 3. The number of benzene rings is 1. The summed E-state index contributed by atoms with van der Waals surface area (Å²) < 4.78 is 0.145. The van der Waals surface area contributed by atoms with Crippen LogP contribution in [0, 0.1) is 5.92 Å². The first-order valence-corrected chi connectivity index (χ1v) is 8.63. The van der Waals surface area contributed by atoms with E-state index in [1.165, 1.54) is 23.5 Å². The van der Waals surface area contributed by atoms with Crippen LogP contribution in [0.15, 0.2) is 30.3 Å². The maximum Gasteiger partial charge on any atom is 0.133 e. The monoisotopic (exact) mass is 278 g/mol. The maximum atomic E-state index is 11.7. The number of rotatable bonds is 2. The van der Waals surface area contributed by atoms with Gasteiger partial charge in [0.2, 0.25) is 0 Å². The Kier molecular flexibility index (Phi) is 3.71. The molecule has 0 aromatic heterocycles. The number of hydrogen-bond donors (Lipinski definition) is 0. The summed E-state index contributed by atoms with van der Waals surface area (Å²) in [6.45, 7) is 0. The van der Waals surface area contributed by atoms with Crippen LogP contribution >= 0.6 is 23.5 Å². The first kappa shape index (κ1) is 12.6. The number of thioether (sulfide) groups is 2. The highest BCUT2D eigenvalue weighted by atomic mass is 32.2. The van der Waals surface area contributed by atoms with Crippen molar-refractivity contribution >= 4 is 29.3 Å². The Hall–Kier alpha value is -0.410. The maximum absolute atomic E-state index is 11.7. The van der Waals surface area contributed by atoms with E-state index in [0.717, 1.165) is 19.3 Å². The van der Waals surface area contributed by atoms with Crippen molar-refractivity contribution in [1.29, 1.82) is 0 Å². The van der Waals surface area contributed by atoms with Gasteiger partial charge >= 0.3 is 0 Å². The second-order valence-electron chi connectivity index (χ2n) is 5.06. The minimum atomic E-state index is 0.145. The predicted octanol–water partition coefficient (Wildman–Crippen LogP) is 4.08. The van der Waals surface area contributed by atoms with Gasteiger partial charge in [0.05, 0.1) is 4.08 Å². The van der Waals surface area contributed by atoms with Gasteiger partial charge in [-0.05, 0) is 35.8 Å². The molecule has 0 amide bonds. The van der Waals surface area contributed by atoms with E-state index in [2.05, 4.69) is 53.9 Å². The van der Waals surface area contributed by atoms with Crippen LogP contribution < -0.4 is 0 Å². The number of carbonyl (C=O) groups excluding carboxylic acids is 1. The van der Waals surface area contributed by atoms with Crippen LogP contribution in [0.25, 0.3) is 0 Å². The Morgan fingerprint density at radius 3 is 2.44 bits per heavy atom. The van der Waals surface area contributed by atoms with Crippen LogP contribution in [0.5, 0.6) is 0 Å². The topological polar surface area (TPSA) is 17.1 Å². The van der Waals surface area contributed by atoms with E-state index < -0.39 is 0 Å². The lowest BCUT2D eigenvalue weighted by Crippen LogP contribution is -2.30. The molecule has 0 spiro atoms. The van der Waals surface area contributed by atoms with Crippen LogP contribution in [0.2, 0.25) is 0 Å². The molecule has 18 heavy (non-hydrogen) atoms. The molecule has 1 aliphatic carbocycles. The minimum Gasteiger partial charge on any atom is -0.300 e. The second kappa shape index (κ2) is 5.30. The summed E-state index contributed by atoms with van der Waals surface area (Å²) in [5, 5.41) is 0. The summed E-state index contributed by atoms with van der Waals surface area (Å²) in [7, 11) is 0. The van der Waals surface area contributed by atoms with Gasteiger partial charge in [-0.1, -0.05) is 30.3 Å². The van der Waals surface area contributed by atoms with E-state index in [4.69, 9.17) is 0 Å². The molecule has 1 unspecified atom stereocenters. The molecule has 1 aliphatic heterocycles. The van der Waals surface area contributed by atoms with Crippen molar-refractivity contribution in [3.05, 3.63) is 35.9 Å².